The number of likely N-dealkylation sites (tertiary alicyclic amines) is 2. The highest BCUT2D eigenvalue weighted by Crippen LogP contribution is 2.49. The number of alkyl halides is 6. The first-order chi connectivity index (χ1) is 32.6. The van der Waals surface area contributed by atoms with Gasteiger partial charge in [-0.15, -0.1) is 26.3 Å². The molecule has 0 bridgehead atoms. The van der Waals surface area contributed by atoms with E-state index >= 15 is 0 Å². The largest absolute Gasteiger partial charge is 0.573 e. The smallest absolute Gasteiger partial charge is 0.405 e. The number of carbonyl (C=O) groups is 1. The van der Waals surface area contributed by atoms with Gasteiger partial charge >= 0.3 is 12.7 Å². The van der Waals surface area contributed by atoms with Crippen LogP contribution in [0.15, 0.2) is 107 Å². The first-order valence-corrected chi connectivity index (χ1v) is 25.6. The molecule has 12 nitrogen and oxygen atoms in total. The molecular formula is C49H56F6N2O10S2. The maximum atomic E-state index is 13.0. The van der Waals surface area contributed by atoms with Gasteiger partial charge in [0.1, 0.15) is 11.5 Å². The molecule has 20 heteroatoms. The summed E-state index contributed by atoms with van der Waals surface area (Å²) >= 11 is 0. The van der Waals surface area contributed by atoms with E-state index in [1.165, 1.54) is 48.5 Å². The summed E-state index contributed by atoms with van der Waals surface area (Å²) in [6.45, 7) is 7.52. The Balaban J connectivity index is 0.000000207. The molecule has 4 aromatic carbocycles. The molecule has 1 aliphatic carbocycles. The molecule has 0 aromatic heterocycles. The lowest BCUT2D eigenvalue weighted by Crippen LogP contribution is -2.61. The molecule has 0 unspecified atom stereocenters. The molecule has 3 heterocycles. The first-order valence-electron chi connectivity index (χ1n) is 22.8. The van der Waals surface area contributed by atoms with Crippen molar-refractivity contribution in [2.24, 2.45) is 11.3 Å². The van der Waals surface area contributed by atoms with E-state index in [1.807, 2.05) is 4.90 Å². The fraction of sp³-hybridized carbons (Fsp3) is 0.490. The van der Waals surface area contributed by atoms with Gasteiger partial charge in [-0.25, -0.2) is 0 Å². The van der Waals surface area contributed by atoms with Gasteiger partial charge in [0.2, 0.25) is 5.91 Å². The van der Waals surface area contributed by atoms with Crippen molar-refractivity contribution in [1.29, 1.82) is 0 Å². The van der Waals surface area contributed by atoms with Crippen LogP contribution in [0.25, 0.3) is 0 Å². The highest BCUT2D eigenvalue weighted by Gasteiger charge is 2.52. The summed E-state index contributed by atoms with van der Waals surface area (Å²) in [7, 11) is -8.23. The lowest BCUT2D eigenvalue weighted by molar-refractivity contribution is -0.276. The van der Waals surface area contributed by atoms with Crippen molar-refractivity contribution in [3.8, 4) is 11.5 Å². The summed E-state index contributed by atoms with van der Waals surface area (Å²) < 4.78 is 151. The second-order valence-electron chi connectivity index (χ2n) is 18.3. The molecule has 4 fully saturated rings. The number of para-hydroxylation sites is 2. The van der Waals surface area contributed by atoms with Gasteiger partial charge in [0.25, 0.3) is 20.2 Å². The molecule has 1 saturated carbocycles. The van der Waals surface area contributed by atoms with Crippen molar-refractivity contribution in [1.82, 2.24) is 9.80 Å². The van der Waals surface area contributed by atoms with Crippen LogP contribution in [-0.4, -0.2) is 104 Å². The molecule has 1 atom stereocenters. The highest BCUT2D eigenvalue weighted by atomic mass is 32.2. The van der Waals surface area contributed by atoms with Crippen molar-refractivity contribution in [3.63, 3.8) is 0 Å². The highest BCUT2D eigenvalue weighted by molar-refractivity contribution is 7.87. The Bertz CT molecular complexity index is 2500. The third-order valence-corrected chi connectivity index (χ3v) is 15.9. The summed E-state index contributed by atoms with van der Waals surface area (Å²) in [6.07, 6.45) is -4.64. The normalized spacial score (nSPS) is 19.1. The van der Waals surface area contributed by atoms with E-state index in [2.05, 4.69) is 14.4 Å². The molecule has 1 spiro atoms. The number of halogens is 6. The Morgan fingerprint density at radius 2 is 1.19 bits per heavy atom. The number of benzene rings is 4. The van der Waals surface area contributed by atoms with Crippen LogP contribution in [0.1, 0.15) is 79.0 Å². The fourth-order valence-corrected chi connectivity index (χ4v) is 11.4. The molecule has 376 valence electrons. The van der Waals surface area contributed by atoms with Gasteiger partial charge in [-0.3, -0.25) is 13.2 Å². The summed E-state index contributed by atoms with van der Waals surface area (Å²) in [4.78, 5) is 16.8. The maximum Gasteiger partial charge on any atom is 0.573 e. The van der Waals surface area contributed by atoms with E-state index in [1.54, 1.807) is 56.3 Å². The van der Waals surface area contributed by atoms with Crippen LogP contribution in [0.3, 0.4) is 0 Å². The quantitative estimate of drug-likeness (QED) is 0.0784. The van der Waals surface area contributed by atoms with E-state index in [9.17, 15) is 48.0 Å². The van der Waals surface area contributed by atoms with E-state index < -0.39 is 44.6 Å². The molecule has 1 amide bonds. The topological polar surface area (TPSA) is 138 Å². The van der Waals surface area contributed by atoms with E-state index in [0.29, 0.717) is 24.8 Å². The molecule has 0 radical (unpaired) electrons. The van der Waals surface area contributed by atoms with Crippen LogP contribution in [0.2, 0.25) is 0 Å². The monoisotopic (exact) mass is 1010 g/mol. The minimum absolute atomic E-state index is 0.0583. The number of hydrogen-bond acceptors (Lipinski definition) is 11. The van der Waals surface area contributed by atoms with Crippen LogP contribution in [-0.2, 0) is 38.1 Å². The minimum atomic E-state index is -4.96. The Hall–Kier alpha value is -4.73. The molecule has 8 rings (SSSR count). The van der Waals surface area contributed by atoms with Crippen LogP contribution in [0.5, 0.6) is 11.5 Å². The number of nitrogens with zero attached hydrogens (tertiary/aromatic N) is 2. The first kappa shape index (κ1) is 52.1. The number of carbonyl (C=O) groups excluding carboxylic acids is 1. The Morgan fingerprint density at radius 3 is 1.70 bits per heavy atom. The SMILES string of the molecule is Cc1ccc(S(=O)(=O)OCCC(CCOS(=O)(=O)c2ccc(C)cc2)c2ccccc2OC(F)(F)F)cc1.O=C(C1COC1)N1CC2(CC[C@@H](N3CCC(c4ccccc4OC(F)(F)F)CC3)C2)C1. The van der Waals surface area contributed by atoms with Crippen molar-refractivity contribution in [2.75, 3.05) is 52.6 Å². The van der Waals surface area contributed by atoms with Gasteiger partial charge in [-0.05, 0) is 131 Å². The number of aryl methyl sites for hydroxylation is 2. The Labute approximate surface area is 399 Å². The van der Waals surface area contributed by atoms with Gasteiger partial charge in [-0.2, -0.15) is 16.8 Å². The lowest BCUT2D eigenvalue weighted by atomic mass is 9.77. The van der Waals surface area contributed by atoms with Crippen molar-refractivity contribution in [2.45, 2.75) is 99.2 Å². The van der Waals surface area contributed by atoms with Gasteiger partial charge in [-0.1, -0.05) is 71.8 Å². The van der Waals surface area contributed by atoms with E-state index in [-0.39, 0.29) is 70.3 Å². The van der Waals surface area contributed by atoms with Gasteiger partial charge < -0.3 is 24.0 Å². The third-order valence-electron chi connectivity index (χ3n) is 13.3. The molecule has 3 saturated heterocycles. The minimum Gasteiger partial charge on any atom is -0.405 e. The fourth-order valence-electron chi connectivity index (χ4n) is 9.58. The average Bonchev–Trinajstić information content (AvgIpc) is 3.71. The average molecular weight is 1010 g/mol. The van der Waals surface area contributed by atoms with Gasteiger partial charge in [0.05, 0.1) is 42.1 Å². The number of rotatable bonds is 16. The Kier molecular flexibility index (Phi) is 16.4. The number of ether oxygens (including phenoxy) is 3. The summed E-state index contributed by atoms with van der Waals surface area (Å²) in [5, 5.41) is 0. The Morgan fingerprint density at radius 1 is 0.696 bits per heavy atom. The van der Waals surface area contributed by atoms with Gasteiger partial charge in [0, 0.05) is 24.5 Å². The van der Waals surface area contributed by atoms with Crippen molar-refractivity contribution in [3.05, 3.63) is 119 Å². The third kappa shape index (κ3) is 14.0. The molecule has 4 aromatic rings. The van der Waals surface area contributed by atoms with Crippen molar-refractivity contribution < 1.29 is 70.5 Å². The lowest BCUT2D eigenvalue weighted by Gasteiger charge is -2.50. The van der Waals surface area contributed by atoms with Crippen LogP contribution in [0, 0.1) is 25.2 Å². The zero-order valence-electron chi connectivity index (χ0n) is 38.2. The molecule has 4 aliphatic rings. The summed E-state index contributed by atoms with van der Waals surface area (Å²) in [5.74, 6) is -0.919. The molecule has 3 aliphatic heterocycles. The van der Waals surface area contributed by atoms with Crippen LogP contribution >= 0.6 is 0 Å². The summed E-state index contributed by atoms with van der Waals surface area (Å²) in [5.41, 5.74) is 2.75. The summed E-state index contributed by atoms with van der Waals surface area (Å²) in [6, 6.07) is 24.4. The van der Waals surface area contributed by atoms with Crippen molar-refractivity contribution >= 4 is 26.1 Å². The molecule has 0 N–H and O–H groups in total. The second-order valence-corrected chi connectivity index (χ2v) is 21.5. The maximum absolute atomic E-state index is 13.0. The zero-order valence-corrected chi connectivity index (χ0v) is 39.8. The number of piperidine rings is 1. The standard InChI is InChI=1S/C26H27F3O7S2.C23H29F3N2O3/c1-19-7-11-22(12-8-19)37(30,31)34-17-15-21(24-5-3-4-6-25(24)36-26(27,28)29)16-18-35-38(32,33)23-13-9-20(2)10-14-23;24-23(25,26)31-20-4-2-1-3-19(20)16-6-9-27(10-7-16)18-5-8-22(11-18)14-28(15-22)21(29)17-12-30-13-17/h3-14,21H,15-18H2,1-2H3;1-4,16-18H,5-15H2/t;18-/m.1/s1. The van der Waals surface area contributed by atoms with Gasteiger partial charge in [0.15, 0.2) is 0 Å². The predicted octanol–water partition coefficient (Wildman–Crippen LogP) is 9.67. The van der Waals surface area contributed by atoms with E-state index in [4.69, 9.17) is 13.1 Å². The molecular weight excluding hydrogens is 955 g/mol. The van der Waals surface area contributed by atoms with Crippen LogP contribution < -0.4 is 9.47 Å². The number of hydrogen-bond donors (Lipinski definition) is 0. The van der Waals surface area contributed by atoms with Crippen LogP contribution in [0.4, 0.5) is 26.3 Å². The second kappa shape index (κ2) is 21.7. The number of amides is 1. The predicted molar refractivity (Wildman–Crippen MR) is 241 cm³/mol. The molecule has 69 heavy (non-hydrogen) atoms. The zero-order chi connectivity index (χ0) is 49.6. The van der Waals surface area contributed by atoms with E-state index in [0.717, 1.165) is 75.5 Å².